The largest absolute Gasteiger partial charge is 0.385 e. The third kappa shape index (κ3) is 2.19. The molecular weight excluding hydrogens is 270 g/mol. The maximum atomic E-state index is 12.3. The molecule has 0 spiro atoms. The number of benzene rings is 1. The average molecular weight is 289 g/mol. The SMILES string of the molecule is Cc1ccc(C2(O)CC3CCCC(C2)S3=O)cc1C#N. The number of fused-ring (bicyclic) bond motifs is 2. The summed E-state index contributed by atoms with van der Waals surface area (Å²) in [5.41, 5.74) is 1.45. The Labute approximate surface area is 122 Å². The van der Waals surface area contributed by atoms with E-state index in [1.807, 2.05) is 19.1 Å². The van der Waals surface area contributed by atoms with Gasteiger partial charge in [0, 0.05) is 21.3 Å². The first-order chi connectivity index (χ1) is 9.53. The van der Waals surface area contributed by atoms with E-state index in [0.717, 1.165) is 30.4 Å². The first-order valence-corrected chi connectivity index (χ1v) is 8.44. The summed E-state index contributed by atoms with van der Waals surface area (Å²) in [7, 11) is -0.793. The fraction of sp³-hybridized carbons (Fsp3) is 0.562. The second-order valence-corrected chi connectivity index (χ2v) is 8.08. The third-order valence-electron chi connectivity index (χ3n) is 4.74. The summed E-state index contributed by atoms with van der Waals surface area (Å²) in [6.45, 7) is 1.90. The summed E-state index contributed by atoms with van der Waals surface area (Å²) in [6, 6.07) is 7.80. The lowest BCUT2D eigenvalue weighted by Crippen LogP contribution is -2.47. The highest BCUT2D eigenvalue weighted by molar-refractivity contribution is 7.86. The van der Waals surface area contributed by atoms with Gasteiger partial charge in [0.05, 0.1) is 17.2 Å². The molecule has 2 atom stereocenters. The zero-order chi connectivity index (χ0) is 14.3. The van der Waals surface area contributed by atoms with Crippen molar-refractivity contribution in [2.45, 2.75) is 55.1 Å². The van der Waals surface area contributed by atoms with Crippen LogP contribution in [0.1, 0.15) is 48.8 Å². The predicted molar refractivity (Wildman–Crippen MR) is 78.6 cm³/mol. The number of aryl methyl sites for hydroxylation is 1. The van der Waals surface area contributed by atoms with E-state index < -0.39 is 16.4 Å². The smallest absolute Gasteiger partial charge is 0.0994 e. The van der Waals surface area contributed by atoms with E-state index in [1.165, 1.54) is 0 Å². The number of nitriles is 1. The van der Waals surface area contributed by atoms with Crippen molar-refractivity contribution < 1.29 is 9.32 Å². The molecule has 1 N–H and O–H groups in total. The summed E-state index contributed by atoms with van der Waals surface area (Å²) in [6.07, 6.45) is 4.13. The molecule has 2 bridgehead atoms. The zero-order valence-corrected chi connectivity index (χ0v) is 12.4. The van der Waals surface area contributed by atoms with Crippen LogP contribution >= 0.6 is 0 Å². The Morgan fingerprint density at radius 2 is 2.00 bits per heavy atom. The second-order valence-electron chi connectivity index (χ2n) is 6.08. The number of nitrogens with zero attached hydrogens (tertiary/aromatic N) is 1. The summed E-state index contributed by atoms with van der Waals surface area (Å²) in [5, 5.41) is 20.4. The third-order valence-corrected chi connectivity index (χ3v) is 6.85. The molecule has 3 nitrogen and oxygen atoms in total. The van der Waals surface area contributed by atoms with Crippen LogP contribution in [0.25, 0.3) is 0 Å². The van der Waals surface area contributed by atoms with E-state index >= 15 is 0 Å². The average Bonchev–Trinajstić information content (AvgIpc) is 2.41. The van der Waals surface area contributed by atoms with Crippen molar-refractivity contribution in [3.63, 3.8) is 0 Å². The van der Waals surface area contributed by atoms with Crippen LogP contribution in [0.3, 0.4) is 0 Å². The molecule has 2 saturated heterocycles. The van der Waals surface area contributed by atoms with E-state index in [4.69, 9.17) is 5.26 Å². The topological polar surface area (TPSA) is 61.1 Å². The van der Waals surface area contributed by atoms with Gasteiger partial charge in [-0.2, -0.15) is 5.26 Å². The molecular formula is C16H19NO2S. The second kappa shape index (κ2) is 4.98. The fourth-order valence-electron chi connectivity index (χ4n) is 3.55. The predicted octanol–water partition coefficient (Wildman–Crippen LogP) is 2.52. The lowest BCUT2D eigenvalue weighted by atomic mass is 9.80. The van der Waals surface area contributed by atoms with Crippen LogP contribution in [-0.2, 0) is 16.4 Å². The minimum atomic E-state index is -0.914. The Morgan fingerprint density at radius 3 is 2.60 bits per heavy atom. The van der Waals surface area contributed by atoms with Gasteiger partial charge in [-0.3, -0.25) is 4.21 Å². The summed E-state index contributed by atoms with van der Waals surface area (Å²) in [4.78, 5) is 0. The van der Waals surface area contributed by atoms with Gasteiger partial charge in [-0.15, -0.1) is 0 Å². The Morgan fingerprint density at radius 1 is 1.35 bits per heavy atom. The first kappa shape index (κ1) is 13.8. The molecule has 0 saturated carbocycles. The normalized spacial score (nSPS) is 36.4. The van der Waals surface area contributed by atoms with Gasteiger partial charge in [0.1, 0.15) is 0 Å². The standard InChI is InChI=1S/C16H19NO2S/c1-11-5-6-13(7-12(11)10-17)16(18)8-14-3-2-4-15(9-16)20(14)19/h5-7,14-15,18H,2-4,8-9H2,1H3. The summed E-state index contributed by atoms with van der Waals surface area (Å²) in [5.74, 6) is 0. The van der Waals surface area contributed by atoms with E-state index in [-0.39, 0.29) is 10.5 Å². The van der Waals surface area contributed by atoms with Gasteiger partial charge in [0.25, 0.3) is 0 Å². The van der Waals surface area contributed by atoms with Crippen molar-refractivity contribution in [2.75, 3.05) is 0 Å². The van der Waals surface area contributed by atoms with Crippen LogP contribution in [0.15, 0.2) is 18.2 Å². The van der Waals surface area contributed by atoms with Crippen molar-refractivity contribution >= 4 is 10.8 Å². The molecule has 4 heteroatoms. The van der Waals surface area contributed by atoms with Crippen molar-refractivity contribution in [1.29, 1.82) is 5.26 Å². The molecule has 2 fully saturated rings. The van der Waals surface area contributed by atoms with Gasteiger partial charge in [-0.25, -0.2) is 0 Å². The van der Waals surface area contributed by atoms with E-state index in [0.29, 0.717) is 18.4 Å². The van der Waals surface area contributed by atoms with Gasteiger partial charge < -0.3 is 5.11 Å². The Balaban J connectivity index is 1.97. The molecule has 3 rings (SSSR count). The first-order valence-electron chi connectivity index (χ1n) is 7.16. The minimum Gasteiger partial charge on any atom is -0.385 e. The van der Waals surface area contributed by atoms with Crippen LogP contribution in [0.2, 0.25) is 0 Å². The zero-order valence-electron chi connectivity index (χ0n) is 11.6. The molecule has 2 aliphatic rings. The van der Waals surface area contributed by atoms with Crippen molar-refractivity contribution in [3.05, 3.63) is 34.9 Å². The number of rotatable bonds is 1. The molecule has 20 heavy (non-hydrogen) atoms. The molecule has 2 aliphatic heterocycles. The Kier molecular flexibility index (Phi) is 3.43. The summed E-state index contributed by atoms with van der Waals surface area (Å²) < 4.78 is 12.3. The molecule has 1 aromatic carbocycles. The number of hydrogen-bond acceptors (Lipinski definition) is 3. The number of hydrogen-bond donors (Lipinski definition) is 1. The quantitative estimate of drug-likeness (QED) is 0.864. The highest BCUT2D eigenvalue weighted by Crippen LogP contribution is 2.44. The van der Waals surface area contributed by atoms with E-state index in [2.05, 4.69) is 6.07 Å². The molecule has 0 amide bonds. The minimum absolute atomic E-state index is 0.110. The van der Waals surface area contributed by atoms with Crippen molar-refractivity contribution in [2.24, 2.45) is 0 Å². The lowest BCUT2D eigenvalue weighted by Gasteiger charge is -2.43. The van der Waals surface area contributed by atoms with Crippen LogP contribution in [0.5, 0.6) is 0 Å². The molecule has 106 valence electrons. The highest BCUT2D eigenvalue weighted by atomic mass is 32.2. The lowest BCUT2D eigenvalue weighted by molar-refractivity contribution is 0.00651. The Bertz CT molecular complexity index is 589. The fourth-order valence-corrected chi connectivity index (χ4v) is 5.77. The van der Waals surface area contributed by atoms with Crippen molar-refractivity contribution in [1.82, 2.24) is 0 Å². The molecule has 0 aliphatic carbocycles. The van der Waals surface area contributed by atoms with Crippen LogP contribution in [0, 0.1) is 18.3 Å². The maximum absolute atomic E-state index is 12.3. The van der Waals surface area contributed by atoms with Gasteiger partial charge in [0.15, 0.2) is 0 Å². The van der Waals surface area contributed by atoms with Gasteiger partial charge >= 0.3 is 0 Å². The molecule has 0 radical (unpaired) electrons. The molecule has 2 heterocycles. The monoisotopic (exact) mass is 289 g/mol. The van der Waals surface area contributed by atoms with Crippen LogP contribution in [0.4, 0.5) is 0 Å². The van der Waals surface area contributed by atoms with Gasteiger partial charge in [-0.05, 0) is 49.8 Å². The van der Waals surface area contributed by atoms with Gasteiger partial charge in [-0.1, -0.05) is 18.6 Å². The van der Waals surface area contributed by atoms with E-state index in [1.54, 1.807) is 6.07 Å². The van der Waals surface area contributed by atoms with Crippen LogP contribution < -0.4 is 0 Å². The maximum Gasteiger partial charge on any atom is 0.0994 e. The summed E-state index contributed by atoms with van der Waals surface area (Å²) >= 11 is 0. The molecule has 1 aromatic rings. The molecule has 2 unspecified atom stereocenters. The highest BCUT2D eigenvalue weighted by Gasteiger charge is 2.46. The van der Waals surface area contributed by atoms with Crippen molar-refractivity contribution in [3.8, 4) is 6.07 Å². The Hall–Kier alpha value is -1.18. The molecule has 0 aromatic heterocycles. The van der Waals surface area contributed by atoms with Gasteiger partial charge in [0.2, 0.25) is 0 Å². The van der Waals surface area contributed by atoms with Crippen LogP contribution in [-0.4, -0.2) is 19.8 Å². The number of aliphatic hydroxyl groups is 1. The van der Waals surface area contributed by atoms with E-state index in [9.17, 15) is 9.32 Å².